The van der Waals surface area contributed by atoms with Crippen LogP contribution in [0.15, 0.2) is 41.8 Å². The van der Waals surface area contributed by atoms with Gasteiger partial charge < -0.3 is 14.8 Å². The Kier molecular flexibility index (Phi) is 7.21. The van der Waals surface area contributed by atoms with Crippen LogP contribution in [0.4, 0.5) is 11.4 Å². The molecule has 2 atom stereocenters. The smallest absolute Gasteiger partial charge is 0.268 e. The summed E-state index contributed by atoms with van der Waals surface area (Å²) in [6.45, 7) is 5.87. The van der Waals surface area contributed by atoms with Gasteiger partial charge in [-0.15, -0.1) is 11.3 Å². The molecule has 0 bridgehead atoms. The van der Waals surface area contributed by atoms with Gasteiger partial charge in [-0.3, -0.25) is 14.5 Å². The Balaban J connectivity index is 1.63. The largest absolute Gasteiger partial charge is 0.479 e. The Hall–Kier alpha value is -2.94. The number of hydrogen-bond donors (Lipinski definition) is 1. The van der Waals surface area contributed by atoms with Crippen LogP contribution in [0.2, 0.25) is 5.02 Å². The van der Waals surface area contributed by atoms with Crippen LogP contribution in [0.5, 0.6) is 5.75 Å². The number of carbonyl (C=O) groups is 2. The molecule has 1 aliphatic heterocycles. The minimum Gasteiger partial charge on any atom is -0.479 e. The van der Waals surface area contributed by atoms with E-state index in [9.17, 15) is 9.59 Å². The summed E-state index contributed by atoms with van der Waals surface area (Å²) in [4.78, 5) is 32.4. The molecule has 1 aromatic heterocycles. The van der Waals surface area contributed by atoms with Gasteiger partial charge in [-0.25, -0.2) is 4.98 Å². The molecule has 178 valence electrons. The van der Waals surface area contributed by atoms with E-state index in [4.69, 9.17) is 21.1 Å². The average Bonchev–Trinajstić information content (AvgIpc) is 3.29. The van der Waals surface area contributed by atoms with Crippen molar-refractivity contribution in [1.29, 1.82) is 0 Å². The van der Waals surface area contributed by atoms with Gasteiger partial charge in [0.05, 0.1) is 23.0 Å². The van der Waals surface area contributed by atoms with Crippen molar-refractivity contribution in [3.63, 3.8) is 0 Å². The molecule has 1 N–H and O–H groups in total. The first-order valence-corrected chi connectivity index (χ1v) is 12.2. The Bertz CT molecular complexity index is 1230. The maximum Gasteiger partial charge on any atom is 0.268 e. The molecule has 9 heteroatoms. The van der Waals surface area contributed by atoms with Gasteiger partial charge in [0.1, 0.15) is 11.8 Å². The molecule has 0 radical (unpaired) electrons. The first kappa shape index (κ1) is 24.2. The van der Waals surface area contributed by atoms with E-state index >= 15 is 0 Å². The molecule has 0 spiro atoms. The number of carbonyl (C=O) groups excluding carboxylic acids is 2. The first-order chi connectivity index (χ1) is 16.3. The normalized spacial score (nSPS) is 16.1. The van der Waals surface area contributed by atoms with Gasteiger partial charge in [0.2, 0.25) is 5.91 Å². The lowest BCUT2D eigenvalue weighted by molar-refractivity contribution is -0.128. The van der Waals surface area contributed by atoms with Crippen LogP contribution in [0, 0.1) is 6.92 Å². The molecule has 0 saturated heterocycles. The lowest BCUT2D eigenvalue weighted by Crippen LogP contribution is -2.52. The van der Waals surface area contributed by atoms with Crippen LogP contribution < -0.4 is 15.0 Å². The van der Waals surface area contributed by atoms with E-state index in [0.717, 1.165) is 28.2 Å². The number of aryl methyl sites for hydroxylation is 1. The Morgan fingerprint density at radius 1 is 1.32 bits per heavy atom. The van der Waals surface area contributed by atoms with Crippen LogP contribution in [0.1, 0.15) is 24.4 Å². The molecule has 7 nitrogen and oxygen atoms in total. The number of anilines is 2. The number of benzene rings is 2. The summed E-state index contributed by atoms with van der Waals surface area (Å²) in [7, 11) is 1.66. The van der Waals surface area contributed by atoms with Crippen LogP contribution in [-0.4, -0.2) is 42.7 Å². The summed E-state index contributed by atoms with van der Waals surface area (Å²) in [6, 6.07) is 10.1. The second kappa shape index (κ2) is 10.1. The van der Waals surface area contributed by atoms with E-state index in [1.54, 1.807) is 44.4 Å². The van der Waals surface area contributed by atoms with E-state index in [1.165, 1.54) is 4.90 Å². The van der Waals surface area contributed by atoms with Crippen molar-refractivity contribution < 1.29 is 19.1 Å². The number of ether oxygens (including phenoxy) is 2. The first-order valence-electron chi connectivity index (χ1n) is 10.9. The highest BCUT2D eigenvalue weighted by molar-refractivity contribution is 7.09. The topological polar surface area (TPSA) is 80.8 Å². The van der Waals surface area contributed by atoms with Crippen molar-refractivity contribution in [2.45, 2.75) is 39.3 Å². The lowest BCUT2D eigenvalue weighted by Gasteiger charge is -2.36. The number of nitrogens with one attached hydrogen (secondary N) is 1. The standard InChI is InChI=1S/C25H26ClN3O4S/c1-14-5-7-18(12-19(14)26)27-24(30)15(2)29-21-11-17(6-8-22(21)33-16(3)25(29)31)20-13-34-23(28-20)9-10-32-4/h5-8,11-13,15-16H,9-10H2,1-4H3,(H,27,30). The third-order valence-electron chi connectivity index (χ3n) is 5.68. The fourth-order valence-electron chi connectivity index (χ4n) is 3.70. The third kappa shape index (κ3) is 4.94. The van der Waals surface area contributed by atoms with E-state index in [-0.39, 0.29) is 11.8 Å². The summed E-state index contributed by atoms with van der Waals surface area (Å²) in [5, 5.41) is 6.37. The molecule has 2 amide bonds. The number of halogens is 1. The zero-order valence-electron chi connectivity index (χ0n) is 19.4. The molecule has 2 unspecified atom stereocenters. The molecular weight excluding hydrogens is 474 g/mol. The van der Waals surface area contributed by atoms with Gasteiger partial charge in [0.15, 0.2) is 6.10 Å². The van der Waals surface area contributed by atoms with Gasteiger partial charge in [-0.05, 0) is 56.7 Å². The number of nitrogens with zero attached hydrogens (tertiary/aromatic N) is 2. The van der Waals surface area contributed by atoms with Crippen molar-refractivity contribution in [2.24, 2.45) is 0 Å². The van der Waals surface area contributed by atoms with E-state index in [0.29, 0.717) is 28.8 Å². The highest BCUT2D eigenvalue weighted by Crippen LogP contribution is 2.39. The van der Waals surface area contributed by atoms with Crippen LogP contribution in [0.25, 0.3) is 11.3 Å². The molecule has 2 aromatic carbocycles. The van der Waals surface area contributed by atoms with Crippen molar-refractivity contribution >= 4 is 46.1 Å². The molecule has 0 saturated carbocycles. The predicted molar refractivity (Wildman–Crippen MR) is 135 cm³/mol. The summed E-state index contributed by atoms with van der Waals surface area (Å²) in [6.07, 6.45) is 0.0275. The lowest BCUT2D eigenvalue weighted by atomic mass is 10.1. The Morgan fingerprint density at radius 2 is 2.12 bits per heavy atom. The molecule has 4 rings (SSSR count). The fraction of sp³-hybridized carbons (Fsp3) is 0.320. The molecular formula is C25H26ClN3O4S. The average molecular weight is 500 g/mol. The second-order valence-corrected chi connectivity index (χ2v) is 9.50. The van der Waals surface area contributed by atoms with E-state index < -0.39 is 12.1 Å². The Morgan fingerprint density at radius 3 is 2.85 bits per heavy atom. The molecule has 3 aromatic rings. The highest BCUT2D eigenvalue weighted by Gasteiger charge is 2.37. The summed E-state index contributed by atoms with van der Waals surface area (Å²) in [5.74, 6) is -0.0637. The van der Waals surface area contributed by atoms with Gasteiger partial charge in [0.25, 0.3) is 5.91 Å². The van der Waals surface area contributed by atoms with Gasteiger partial charge in [-0.1, -0.05) is 17.7 Å². The van der Waals surface area contributed by atoms with Gasteiger partial charge in [0, 0.05) is 35.2 Å². The second-order valence-electron chi connectivity index (χ2n) is 8.15. The quantitative estimate of drug-likeness (QED) is 0.489. The molecule has 2 heterocycles. The zero-order chi connectivity index (χ0) is 24.4. The number of methoxy groups -OCH3 is 1. The minimum atomic E-state index is -0.777. The number of aromatic nitrogens is 1. The molecule has 0 aliphatic carbocycles. The number of amides is 2. The molecule has 0 fully saturated rings. The van der Waals surface area contributed by atoms with Crippen molar-refractivity contribution in [1.82, 2.24) is 4.98 Å². The molecule has 34 heavy (non-hydrogen) atoms. The van der Waals surface area contributed by atoms with Crippen LogP contribution in [-0.2, 0) is 20.7 Å². The fourth-order valence-corrected chi connectivity index (χ4v) is 4.67. The summed E-state index contributed by atoms with van der Waals surface area (Å²) in [5.41, 5.74) is 3.67. The predicted octanol–water partition coefficient (Wildman–Crippen LogP) is 5.10. The number of thiazole rings is 1. The van der Waals surface area contributed by atoms with E-state index in [2.05, 4.69) is 10.3 Å². The van der Waals surface area contributed by atoms with E-state index in [1.807, 2.05) is 36.6 Å². The SMILES string of the molecule is COCCc1nc(-c2ccc3c(c2)N(C(C)C(=O)Nc2ccc(C)c(Cl)c2)C(=O)C(C)O3)cs1. The monoisotopic (exact) mass is 499 g/mol. The maximum absolute atomic E-state index is 13.1. The summed E-state index contributed by atoms with van der Waals surface area (Å²) < 4.78 is 11.0. The zero-order valence-corrected chi connectivity index (χ0v) is 21.0. The minimum absolute atomic E-state index is 0.284. The summed E-state index contributed by atoms with van der Waals surface area (Å²) >= 11 is 7.76. The van der Waals surface area contributed by atoms with Gasteiger partial charge in [-0.2, -0.15) is 0 Å². The van der Waals surface area contributed by atoms with Crippen molar-refractivity contribution in [3.05, 3.63) is 57.4 Å². The van der Waals surface area contributed by atoms with Gasteiger partial charge >= 0.3 is 0 Å². The molecule has 1 aliphatic rings. The van der Waals surface area contributed by atoms with Crippen LogP contribution in [0.3, 0.4) is 0 Å². The van der Waals surface area contributed by atoms with Crippen molar-refractivity contribution in [3.8, 4) is 17.0 Å². The highest BCUT2D eigenvalue weighted by atomic mass is 35.5. The number of rotatable bonds is 7. The number of fused-ring (bicyclic) bond motifs is 1. The Labute approximate surface area is 207 Å². The number of hydrogen-bond acceptors (Lipinski definition) is 6. The van der Waals surface area contributed by atoms with Crippen molar-refractivity contribution in [2.75, 3.05) is 23.9 Å². The van der Waals surface area contributed by atoms with Crippen LogP contribution >= 0.6 is 22.9 Å². The maximum atomic E-state index is 13.1. The third-order valence-corrected chi connectivity index (χ3v) is 7.00.